The van der Waals surface area contributed by atoms with Crippen molar-refractivity contribution >= 4 is 5.97 Å². The largest absolute Gasteiger partial charge is 0.481 e. The molecular weight excluding hydrogens is 264 g/mol. The van der Waals surface area contributed by atoms with Gasteiger partial charge < -0.3 is 10.0 Å². The summed E-state index contributed by atoms with van der Waals surface area (Å²) in [4.78, 5) is 15.9. The molecular formula is C17H26N2O2. The molecule has 0 spiro atoms. The molecule has 1 aromatic carbocycles. The Morgan fingerprint density at radius 1 is 1.29 bits per heavy atom. The van der Waals surface area contributed by atoms with Gasteiger partial charge in [-0.2, -0.15) is 0 Å². The van der Waals surface area contributed by atoms with Crippen LogP contribution in [0.25, 0.3) is 0 Å². The van der Waals surface area contributed by atoms with Crippen molar-refractivity contribution in [3.63, 3.8) is 0 Å². The minimum absolute atomic E-state index is 0.327. The Hall–Kier alpha value is -1.39. The van der Waals surface area contributed by atoms with Gasteiger partial charge in [-0.05, 0) is 31.5 Å². The monoisotopic (exact) mass is 290 g/mol. The Morgan fingerprint density at radius 3 is 2.57 bits per heavy atom. The van der Waals surface area contributed by atoms with Crippen LogP contribution in [0, 0.1) is 5.92 Å². The van der Waals surface area contributed by atoms with E-state index >= 15 is 0 Å². The van der Waals surface area contributed by atoms with E-state index in [1.54, 1.807) is 6.92 Å². The number of rotatable bonds is 8. The number of hydrogen-bond acceptors (Lipinski definition) is 3. The van der Waals surface area contributed by atoms with Crippen LogP contribution in [0.2, 0.25) is 0 Å². The summed E-state index contributed by atoms with van der Waals surface area (Å²) >= 11 is 0. The quantitative estimate of drug-likeness (QED) is 0.798. The van der Waals surface area contributed by atoms with Gasteiger partial charge in [-0.25, -0.2) is 0 Å². The summed E-state index contributed by atoms with van der Waals surface area (Å²) in [5.41, 5.74) is 1.25. The molecule has 0 saturated carbocycles. The van der Waals surface area contributed by atoms with Gasteiger partial charge in [0, 0.05) is 26.2 Å². The lowest BCUT2D eigenvalue weighted by Crippen LogP contribution is -2.37. The SMILES string of the molecule is CC(CN(CCN1CCCC1)Cc1ccccc1)C(=O)O. The van der Waals surface area contributed by atoms with Crippen LogP contribution >= 0.6 is 0 Å². The fourth-order valence-corrected chi connectivity index (χ4v) is 2.83. The van der Waals surface area contributed by atoms with E-state index in [9.17, 15) is 4.79 Å². The van der Waals surface area contributed by atoms with Gasteiger partial charge in [-0.3, -0.25) is 9.69 Å². The van der Waals surface area contributed by atoms with Gasteiger partial charge in [0.15, 0.2) is 0 Å². The maximum absolute atomic E-state index is 11.1. The smallest absolute Gasteiger partial charge is 0.307 e. The summed E-state index contributed by atoms with van der Waals surface area (Å²) in [6.07, 6.45) is 2.59. The highest BCUT2D eigenvalue weighted by Crippen LogP contribution is 2.10. The van der Waals surface area contributed by atoms with Gasteiger partial charge in [-0.1, -0.05) is 37.3 Å². The zero-order chi connectivity index (χ0) is 15.1. The van der Waals surface area contributed by atoms with E-state index in [1.165, 1.54) is 31.5 Å². The third-order valence-electron chi connectivity index (χ3n) is 4.13. The number of carbonyl (C=O) groups is 1. The number of carboxylic acids is 1. The average Bonchev–Trinajstić information content (AvgIpc) is 2.99. The molecule has 116 valence electrons. The lowest BCUT2D eigenvalue weighted by Gasteiger charge is -2.26. The summed E-state index contributed by atoms with van der Waals surface area (Å²) in [6, 6.07) is 10.3. The molecule has 0 bridgehead atoms. The first-order chi connectivity index (χ1) is 10.1. The second-order valence-electron chi connectivity index (χ2n) is 6.01. The molecule has 1 unspecified atom stereocenters. The fourth-order valence-electron chi connectivity index (χ4n) is 2.83. The summed E-state index contributed by atoms with van der Waals surface area (Å²) in [6.45, 7) is 7.58. The van der Waals surface area contributed by atoms with E-state index in [-0.39, 0.29) is 5.92 Å². The van der Waals surface area contributed by atoms with Gasteiger partial charge in [0.1, 0.15) is 0 Å². The van der Waals surface area contributed by atoms with Crippen LogP contribution in [0.15, 0.2) is 30.3 Å². The molecule has 0 amide bonds. The first-order valence-corrected chi connectivity index (χ1v) is 7.86. The molecule has 1 aromatic rings. The van der Waals surface area contributed by atoms with Crippen LogP contribution in [0.4, 0.5) is 0 Å². The molecule has 1 aliphatic heterocycles. The Kier molecular flexibility index (Phi) is 6.21. The summed E-state index contributed by atoms with van der Waals surface area (Å²) in [5, 5.41) is 9.14. The molecule has 1 N–H and O–H groups in total. The van der Waals surface area contributed by atoms with E-state index < -0.39 is 5.97 Å². The molecule has 0 aliphatic carbocycles. The molecule has 1 fully saturated rings. The van der Waals surface area contributed by atoms with Crippen LogP contribution in [0.1, 0.15) is 25.3 Å². The van der Waals surface area contributed by atoms with Crippen LogP contribution in [0.5, 0.6) is 0 Å². The molecule has 1 atom stereocenters. The standard InChI is InChI=1S/C17H26N2O2/c1-15(17(20)21)13-19(12-11-18-9-5-6-10-18)14-16-7-3-2-4-8-16/h2-4,7-8,15H,5-6,9-14H2,1H3,(H,20,21). The molecule has 1 saturated heterocycles. The van der Waals surface area contributed by atoms with Crippen LogP contribution in [-0.4, -0.2) is 53.6 Å². The third kappa shape index (κ3) is 5.48. The second-order valence-corrected chi connectivity index (χ2v) is 6.01. The van der Waals surface area contributed by atoms with Crippen molar-refractivity contribution in [3.8, 4) is 0 Å². The molecule has 4 heteroatoms. The van der Waals surface area contributed by atoms with Crippen molar-refractivity contribution in [1.82, 2.24) is 9.80 Å². The van der Waals surface area contributed by atoms with Crippen LogP contribution in [-0.2, 0) is 11.3 Å². The van der Waals surface area contributed by atoms with E-state index in [0.29, 0.717) is 6.54 Å². The predicted molar refractivity (Wildman–Crippen MR) is 84.2 cm³/mol. The Bertz CT molecular complexity index is 430. The van der Waals surface area contributed by atoms with Gasteiger partial charge in [-0.15, -0.1) is 0 Å². The minimum Gasteiger partial charge on any atom is -0.481 e. The van der Waals surface area contributed by atoms with E-state index in [1.807, 2.05) is 18.2 Å². The highest BCUT2D eigenvalue weighted by molar-refractivity contribution is 5.69. The average molecular weight is 290 g/mol. The highest BCUT2D eigenvalue weighted by atomic mass is 16.4. The number of nitrogens with zero attached hydrogens (tertiary/aromatic N) is 2. The van der Waals surface area contributed by atoms with Gasteiger partial charge in [0.2, 0.25) is 0 Å². The maximum Gasteiger partial charge on any atom is 0.307 e. The van der Waals surface area contributed by atoms with Crippen molar-refractivity contribution < 1.29 is 9.90 Å². The Balaban J connectivity index is 1.90. The zero-order valence-electron chi connectivity index (χ0n) is 12.9. The number of benzene rings is 1. The van der Waals surface area contributed by atoms with Gasteiger partial charge in [0.05, 0.1) is 5.92 Å². The normalized spacial score (nSPS) is 17.2. The molecule has 2 rings (SSSR count). The van der Waals surface area contributed by atoms with E-state index in [0.717, 1.165) is 19.6 Å². The van der Waals surface area contributed by atoms with Crippen molar-refractivity contribution in [2.45, 2.75) is 26.3 Å². The summed E-state index contributed by atoms with van der Waals surface area (Å²) in [7, 11) is 0. The van der Waals surface area contributed by atoms with Crippen molar-refractivity contribution in [2.75, 3.05) is 32.7 Å². The molecule has 4 nitrogen and oxygen atoms in total. The maximum atomic E-state index is 11.1. The Labute approximate surface area is 127 Å². The van der Waals surface area contributed by atoms with Gasteiger partial charge in [0.25, 0.3) is 0 Å². The lowest BCUT2D eigenvalue weighted by atomic mass is 10.1. The molecule has 21 heavy (non-hydrogen) atoms. The first-order valence-electron chi connectivity index (χ1n) is 7.86. The number of hydrogen-bond donors (Lipinski definition) is 1. The molecule has 0 aromatic heterocycles. The van der Waals surface area contributed by atoms with Crippen molar-refractivity contribution in [3.05, 3.63) is 35.9 Å². The first kappa shape index (κ1) is 16.0. The summed E-state index contributed by atoms with van der Waals surface area (Å²) < 4.78 is 0. The second kappa shape index (κ2) is 8.15. The van der Waals surface area contributed by atoms with E-state index in [2.05, 4.69) is 21.9 Å². The molecule has 1 aliphatic rings. The lowest BCUT2D eigenvalue weighted by molar-refractivity contribution is -0.141. The zero-order valence-corrected chi connectivity index (χ0v) is 12.9. The van der Waals surface area contributed by atoms with Crippen molar-refractivity contribution in [1.29, 1.82) is 0 Å². The molecule has 0 radical (unpaired) electrons. The van der Waals surface area contributed by atoms with Crippen LogP contribution in [0.3, 0.4) is 0 Å². The number of carboxylic acid groups (broad SMARTS) is 1. The molecule has 1 heterocycles. The fraction of sp³-hybridized carbons (Fsp3) is 0.588. The summed E-state index contributed by atoms with van der Waals surface area (Å²) in [5.74, 6) is -1.04. The van der Waals surface area contributed by atoms with Crippen molar-refractivity contribution in [2.24, 2.45) is 5.92 Å². The van der Waals surface area contributed by atoms with E-state index in [4.69, 9.17) is 5.11 Å². The number of aliphatic carboxylic acids is 1. The predicted octanol–water partition coefficient (Wildman–Crippen LogP) is 2.31. The van der Waals surface area contributed by atoms with Crippen LogP contribution < -0.4 is 0 Å². The number of likely N-dealkylation sites (tertiary alicyclic amines) is 1. The van der Waals surface area contributed by atoms with Gasteiger partial charge >= 0.3 is 5.97 Å². The third-order valence-corrected chi connectivity index (χ3v) is 4.13. The highest BCUT2D eigenvalue weighted by Gasteiger charge is 2.18. The topological polar surface area (TPSA) is 43.8 Å². The minimum atomic E-state index is -0.714. The Morgan fingerprint density at radius 2 is 1.95 bits per heavy atom.